The highest BCUT2D eigenvalue weighted by molar-refractivity contribution is 7.89. The van der Waals surface area contributed by atoms with E-state index < -0.39 is 15.9 Å². The number of ether oxygens (including phenoxy) is 1. The molecule has 0 atom stereocenters. The summed E-state index contributed by atoms with van der Waals surface area (Å²) in [6, 6.07) is 9.78. The first kappa shape index (κ1) is 19.5. The van der Waals surface area contributed by atoms with E-state index in [2.05, 4.69) is 15.5 Å². The van der Waals surface area contributed by atoms with Crippen molar-refractivity contribution in [3.05, 3.63) is 53.9 Å². The first-order valence-corrected chi connectivity index (χ1v) is 9.12. The molecular weight excluding hydrogens is 356 g/mol. The Morgan fingerprint density at radius 3 is 2.73 bits per heavy atom. The van der Waals surface area contributed by atoms with E-state index in [-0.39, 0.29) is 11.4 Å². The van der Waals surface area contributed by atoms with Gasteiger partial charge in [0.2, 0.25) is 10.0 Å². The molecule has 0 aliphatic rings. The van der Waals surface area contributed by atoms with Crippen LogP contribution in [0, 0.1) is 6.92 Å². The predicted molar refractivity (Wildman–Crippen MR) is 97.5 cm³/mol. The van der Waals surface area contributed by atoms with Gasteiger partial charge in [0.1, 0.15) is 5.75 Å². The van der Waals surface area contributed by atoms with Crippen LogP contribution in [-0.4, -0.2) is 50.5 Å². The molecule has 26 heavy (non-hydrogen) atoms. The van der Waals surface area contributed by atoms with Gasteiger partial charge in [0, 0.05) is 13.2 Å². The van der Waals surface area contributed by atoms with Gasteiger partial charge >= 0.3 is 0 Å². The van der Waals surface area contributed by atoms with Gasteiger partial charge in [0.25, 0.3) is 5.91 Å². The molecule has 0 saturated heterocycles. The summed E-state index contributed by atoms with van der Waals surface area (Å²) in [6.07, 6.45) is 2.97. The van der Waals surface area contributed by atoms with Gasteiger partial charge in [-0.25, -0.2) is 13.8 Å². The monoisotopic (exact) mass is 376 g/mol. The molecule has 9 heteroatoms. The summed E-state index contributed by atoms with van der Waals surface area (Å²) in [4.78, 5) is 16.0. The molecule has 1 heterocycles. The summed E-state index contributed by atoms with van der Waals surface area (Å²) >= 11 is 0. The van der Waals surface area contributed by atoms with Crippen LogP contribution in [0.25, 0.3) is 0 Å². The molecule has 2 aromatic rings. The van der Waals surface area contributed by atoms with Gasteiger partial charge < -0.3 is 4.74 Å². The van der Waals surface area contributed by atoms with Crippen LogP contribution in [0.4, 0.5) is 0 Å². The van der Waals surface area contributed by atoms with Crippen LogP contribution in [0.2, 0.25) is 0 Å². The van der Waals surface area contributed by atoms with E-state index in [1.807, 2.05) is 0 Å². The SMILES string of the molecule is COc1ccc(S(=O)(=O)N(C)CC(=O)N/N=C/c2ccccn2)cc1C. The second-order valence-corrected chi connectivity index (χ2v) is 7.49. The zero-order chi connectivity index (χ0) is 19.2. The summed E-state index contributed by atoms with van der Waals surface area (Å²) in [7, 11) is -0.963. The van der Waals surface area contributed by atoms with E-state index in [9.17, 15) is 13.2 Å². The predicted octanol–water partition coefficient (Wildman–Crippen LogP) is 1.17. The van der Waals surface area contributed by atoms with Gasteiger partial charge in [-0.2, -0.15) is 9.41 Å². The average Bonchev–Trinajstić information content (AvgIpc) is 2.62. The smallest absolute Gasteiger partial charge is 0.255 e. The molecule has 0 aliphatic carbocycles. The number of hydrazone groups is 1. The van der Waals surface area contributed by atoms with Crippen LogP contribution in [0.3, 0.4) is 0 Å². The Morgan fingerprint density at radius 1 is 1.35 bits per heavy atom. The van der Waals surface area contributed by atoms with E-state index >= 15 is 0 Å². The molecule has 1 N–H and O–H groups in total. The van der Waals surface area contributed by atoms with Crippen LogP contribution < -0.4 is 10.2 Å². The van der Waals surface area contributed by atoms with E-state index in [0.29, 0.717) is 17.0 Å². The van der Waals surface area contributed by atoms with Gasteiger partial charge in [-0.1, -0.05) is 6.07 Å². The lowest BCUT2D eigenvalue weighted by atomic mass is 10.2. The number of nitrogens with zero attached hydrogens (tertiary/aromatic N) is 3. The van der Waals surface area contributed by atoms with Crippen LogP contribution >= 0.6 is 0 Å². The fourth-order valence-electron chi connectivity index (χ4n) is 2.14. The zero-order valence-corrected chi connectivity index (χ0v) is 15.5. The maximum absolute atomic E-state index is 12.6. The number of benzene rings is 1. The minimum absolute atomic E-state index is 0.0862. The summed E-state index contributed by atoms with van der Waals surface area (Å²) < 4.78 is 31.2. The van der Waals surface area contributed by atoms with Crippen molar-refractivity contribution in [2.45, 2.75) is 11.8 Å². The Balaban J connectivity index is 2.01. The molecule has 1 amide bonds. The first-order chi connectivity index (χ1) is 12.3. The topological polar surface area (TPSA) is 101 Å². The normalized spacial score (nSPS) is 11.7. The van der Waals surface area contributed by atoms with Crippen molar-refractivity contribution in [3.63, 3.8) is 0 Å². The quantitative estimate of drug-likeness (QED) is 0.577. The van der Waals surface area contributed by atoms with Crippen LogP contribution in [-0.2, 0) is 14.8 Å². The Labute approximate surface area is 152 Å². The molecule has 1 aromatic carbocycles. The number of nitrogens with one attached hydrogen (secondary N) is 1. The van der Waals surface area contributed by atoms with Crippen molar-refractivity contribution >= 4 is 22.1 Å². The maximum atomic E-state index is 12.6. The second-order valence-electron chi connectivity index (χ2n) is 5.44. The number of methoxy groups -OCH3 is 1. The van der Waals surface area contributed by atoms with Crippen molar-refractivity contribution in [1.82, 2.24) is 14.7 Å². The third-order valence-electron chi connectivity index (χ3n) is 3.51. The lowest BCUT2D eigenvalue weighted by Gasteiger charge is -2.17. The Kier molecular flexibility index (Phi) is 6.42. The number of rotatable bonds is 7. The third-order valence-corrected chi connectivity index (χ3v) is 5.31. The molecule has 0 bridgehead atoms. The highest BCUT2D eigenvalue weighted by Gasteiger charge is 2.23. The molecule has 1 aromatic heterocycles. The number of sulfonamides is 1. The fourth-order valence-corrected chi connectivity index (χ4v) is 3.35. The van der Waals surface area contributed by atoms with E-state index in [4.69, 9.17) is 4.74 Å². The molecule has 8 nitrogen and oxygen atoms in total. The van der Waals surface area contributed by atoms with Gasteiger partial charge in [0.15, 0.2) is 0 Å². The number of hydrogen-bond donors (Lipinski definition) is 1. The highest BCUT2D eigenvalue weighted by Crippen LogP contribution is 2.23. The minimum atomic E-state index is -3.81. The van der Waals surface area contributed by atoms with Crippen molar-refractivity contribution in [1.29, 1.82) is 0 Å². The molecule has 2 rings (SSSR count). The molecule has 0 saturated carbocycles. The number of aromatic nitrogens is 1. The molecular formula is C17H20N4O4S. The fraction of sp³-hybridized carbons (Fsp3) is 0.235. The Morgan fingerprint density at radius 2 is 2.12 bits per heavy atom. The lowest BCUT2D eigenvalue weighted by Crippen LogP contribution is -2.36. The molecule has 0 fully saturated rings. The number of pyridine rings is 1. The average molecular weight is 376 g/mol. The van der Waals surface area contributed by atoms with Crippen LogP contribution in [0.15, 0.2) is 52.6 Å². The van der Waals surface area contributed by atoms with Gasteiger partial charge in [-0.15, -0.1) is 0 Å². The number of amides is 1. The number of likely N-dealkylation sites (N-methyl/N-ethyl adjacent to an activating group) is 1. The summed E-state index contributed by atoms with van der Waals surface area (Å²) in [5.41, 5.74) is 3.54. The second kappa shape index (κ2) is 8.54. The van der Waals surface area contributed by atoms with Crippen molar-refractivity contribution in [2.75, 3.05) is 20.7 Å². The Bertz CT molecular complexity index is 898. The van der Waals surface area contributed by atoms with Gasteiger partial charge in [-0.05, 0) is 42.8 Å². The van der Waals surface area contributed by atoms with Crippen molar-refractivity contribution in [2.24, 2.45) is 5.10 Å². The van der Waals surface area contributed by atoms with Gasteiger partial charge in [0.05, 0.1) is 30.5 Å². The zero-order valence-electron chi connectivity index (χ0n) is 14.7. The van der Waals surface area contributed by atoms with Crippen LogP contribution in [0.1, 0.15) is 11.3 Å². The number of aryl methyl sites for hydroxylation is 1. The largest absolute Gasteiger partial charge is 0.496 e. The molecule has 138 valence electrons. The Hall–Kier alpha value is -2.78. The summed E-state index contributed by atoms with van der Waals surface area (Å²) in [5.74, 6) is 0.0293. The standard InChI is InChI=1S/C17H20N4O4S/c1-13-10-15(7-8-16(13)25-3)26(23,24)21(2)12-17(22)20-19-11-14-6-4-5-9-18-14/h4-11H,12H2,1-3H3,(H,20,22)/b19-11+. The van der Waals surface area contributed by atoms with E-state index in [0.717, 1.165) is 4.31 Å². The van der Waals surface area contributed by atoms with E-state index in [1.54, 1.807) is 37.4 Å². The number of hydrogen-bond acceptors (Lipinski definition) is 6. The van der Waals surface area contributed by atoms with Crippen molar-refractivity contribution < 1.29 is 17.9 Å². The highest BCUT2D eigenvalue weighted by atomic mass is 32.2. The number of carbonyl (C=O) groups is 1. The first-order valence-electron chi connectivity index (χ1n) is 7.68. The summed E-state index contributed by atoms with van der Waals surface area (Å²) in [6.45, 7) is 1.38. The third kappa shape index (κ3) is 4.87. The molecule has 0 spiro atoms. The lowest BCUT2D eigenvalue weighted by molar-refractivity contribution is -0.121. The molecule has 0 unspecified atom stereocenters. The van der Waals surface area contributed by atoms with Crippen LogP contribution in [0.5, 0.6) is 5.75 Å². The molecule has 0 aliphatic heterocycles. The minimum Gasteiger partial charge on any atom is -0.496 e. The molecule has 0 radical (unpaired) electrons. The maximum Gasteiger partial charge on any atom is 0.255 e. The van der Waals surface area contributed by atoms with Gasteiger partial charge in [-0.3, -0.25) is 9.78 Å². The summed E-state index contributed by atoms with van der Waals surface area (Å²) in [5, 5.41) is 3.76. The number of carbonyl (C=O) groups excluding carboxylic acids is 1. The van der Waals surface area contributed by atoms with Crippen molar-refractivity contribution in [3.8, 4) is 5.75 Å². The van der Waals surface area contributed by atoms with E-state index in [1.165, 1.54) is 32.5 Å².